The molecule has 0 fully saturated rings. The predicted octanol–water partition coefficient (Wildman–Crippen LogP) is 3.29. The Morgan fingerprint density at radius 3 is 2.81 bits per heavy atom. The molecule has 0 unspecified atom stereocenters. The highest BCUT2D eigenvalue weighted by Crippen LogP contribution is 2.34. The van der Waals surface area contributed by atoms with E-state index in [1.54, 1.807) is 36.7 Å². The average molecular weight is 301 g/mol. The maximum absolute atomic E-state index is 13.8. The van der Waals surface area contributed by atoms with Crippen molar-refractivity contribution in [3.8, 4) is 0 Å². The Hall–Kier alpha value is -2.47. The molecule has 3 aromatic rings. The van der Waals surface area contributed by atoms with Gasteiger partial charge in [-0.3, -0.25) is 9.78 Å². The number of rotatable bonds is 2. The highest BCUT2D eigenvalue weighted by atomic mass is 32.1. The Morgan fingerprint density at radius 2 is 2.10 bits per heavy atom. The van der Waals surface area contributed by atoms with Gasteiger partial charge in [0.15, 0.2) is 0 Å². The highest BCUT2D eigenvalue weighted by Gasteiger charge is 2.22. The van der Waals surface area contributed by atoms with Crippen LogP contribution >= 0.6 is 11.3 Å². The molecule has 6 heteroatoms. The summed E-state index contributed by atoms with van der Waals surface area (Å²) >= 11 is 1.26. The van der Waals surface area contributed by atoms with Gasteiger partial charge < -0.3 is 10.6 Å². The van der Waals surface area contributed by atoms with Crippen LogP contribution in [0, 0.1) is 5.82 Å². The largest absolute Gasteiger partial charge is 0.397 e. The first-order valence-corrected chi connectivity index (χ1v) is 7.06. The van der Waals surface area contributed by atoms with E-state index in [2.05, 4.69) is 4.98 Å². The van der Waals surface area contributed by atoms with Gasteiger partial charge in [0, 0.05) is 24.8 Å². The third-order valence-corrected chi connectivity index (χ3v) is 4.39. The quantitative estimate of drug-likeness (QED) is 0.790. The van der Waals surface area contributed by atoms with Crippen molar-refractivity contribution in [2.24, 2.45) is 0 Å². The molecule has 0 aliphatic carbocycles. The molecule has 0 aliphatic heterocycles. The number of nitrogen functional groups attached to an aromatic ring is 1. The summed E-state index contributed by atoms with van der Waals surface area (Å²) in [5.41, 5.74) is 6.66. The van der Waals surface area contributed by atoms with Gasteiger partial charge >= 0.3 is 0 Å². The third-order valence-electron chi connectivity index (χ3n) is 3.24. The number of carbonyl (C=O) groups excluding carboxylic acids is 1. The minimum absolute atomic E-state index is 0.220. The van der Waals surface area contributed by atoms with Gasteiger partial charge in [-0.15, -0.1) is 11.3 Å². The number of fused-ring (bicyclic) bond motifs is 1. The van der Waals surface area contributed by atoms with E-state index in [9.17, 15) is 9.18 Å². The standard InChI is InChI=1S/C15H12FN3OS/c1-19(11-5-3-2-4-10(11)16)15(20)14-13(17)9-6-7-18-8-12(9)21-14/h2-8H,17H2,1H3. The monoisotopic (exact) mass is 301 g/mol. The number of carbonyl (C=O) groups is 1. The molecule has 2 heterocycles. The minimum atomic E-state index is -0.449. The van der Waals surface area contributed by atoms with Gasteiger partial charge in [0.1, 0.15) is 10.7 Å². The smallest absolute Gasteiger partial charge is 0.270 e. The molecule has 0 radical (unpaired) electrons. The van der Waals surface area contributed by atoms with E-state index in [4.69, 9.17) is 5.73 Å². The van der Waals surface area contributed by atoms with Crippen molar-refractivity contribution < 1.29 is 9.18 Å². The average Bonchev–Trinajstić information content (AvgIpc) is 2.84. The fourth-order valence-electron chi connectivity index (χ4n) is 2.12. The predicted molar refractivity (Wildman–Crippen MR) is 83.2 cm³/mol. The summed E-state index contributed by atoms with van der Waals surface area (Å²) in [7, 11) is 1.53. The van der Waals surface area contributed by atoms with Gasteiger partial charge in [0.05, 0.1) is 16.1 Å². The number of aromatic nitrogens is 1. The SMILES string of the molecule is CN(C(=O)c1sc2cnccc2c1N)c1ccccc1F. The fourth-order valence-corrected chi connectivity index (χ4v) is 3.18. The topological polar surface area (TPSA) is 59.2 Å². The van der Waals surface area contributed by atoms with Crippen LogP contribution in [0.1, 0.15) is 9.67 Å². The zero-order chi connectivity index (χ0) is 15.0. The number of hydrogen-bond donors (Lipinski definition) is 1. The number of nitrogens with two attached hydrogens (primary N) is 1. The molecule has 0 atom stereocenters. The van der Waals surface area contributed by atoms with Crippen LogP contribution in [0.15, 0.2) is 42.7 Å². The molecule has 2 aromatic heterocycles. The Balaban J connectivity index is 2.04. The number of pyridine rings is 1. The van der Waals surface area contributed by atoms with Crippen molar-refractivity contribution in [3.05, 3.63) is 53.4 Å². The lowest BCUT2D eigenvalue weighted by Gasteiger charge is -2.17. The van der Waals surface area contributed by atoms with Crippen molar-refractivity contribution in [1.29, 1.82) is 0 Å². The van der Waals surface area contributed by atoms with Crippen molar-refractivity contribution >= 4 is 38.7 Å². The van der Waals surface area contributed by atoms with Crippen molar-refractivity contribution in [1.82, 2.24) is 4.98 Å². The van der Waals surface area contributed by atoms with E-state index < -0.39 is 5.82 Å². The van der Waals surface area contributed by atoms with Crippen molar-refractivity contribution in [2.45, 2.75) is 0 Å². The van der Waals surface area contributed by atoms with Gasteiger partial charge in [-0.2, -0.15) is 0 Å². The third kappa shape index (κ3) is 2.23. The van der Waals surface area contributed by atoms with E-state index in [-0.39, 0.29) is 11.6 Å². The van der Waals surface area contributed by atoms with Crippen LogP contribution in [0.25, 0.3) is 10.1 Å². The molecular formula is C15H12FN3OS. The van der Waals surface area contributed by atoms with Gasteiger partial charge in [-0.05, 0) is 18.2 Å². The van der Waals surface area contributed by atoms with Crippen LogP contribution in [0.2, 0.25) is 0 Å². The summed E-state index contributed by atoms with van der Waals surface area (Å²) < 4.78 is 14.6. The molecular weight excluding hydrogens is 289 g/mol. The van der Waals surface area contributed by atoms with Gasteiger partial charge in [-0.1, -0.05) is 12.1 Å². The fraction of sp³-hybridized carbons (Fsp3) is 0.0667. The second-order valence-electron chi connectivity index (χ2n) is 4.53. The first-order chi connectivity index (χ1) is 10.1. The van der Waals surface area contributed by atoms with E-state index in [1.807, 2.05) is 0 Å². The van der Waals surface area contributed by atoms with E-state index in [0.29, 0.717) is 10.6 Å². The molecule has 0 saturated heterocycles. The van der Waals surface area contributed by atoms with Gasteiger partial charge in [-0.25, -0.2) is 4.39 Å². The number of halogens is 1. The van der Waals surface area contributed by atoms with Crippen LogP contribution in [0.3, 0.4) is 0 Å². The Bertz CT molecular complexity index is 831. The molecule has 3 rings (SSSR count). The maximum atomic E-state index is 13.8. The Labute approximate surface area is 124 Å². The summed E-state index contributed by atoms with van der Waals surface area (Å²) in [4.78, 5) is 18.2. The minimum Gasteiger partial charge on any atom is -0.397 e. The second kappa shape index (κ2) is 5.14. The lowest BCUT2D eigenvalue weighted by atomic mass is 10.2. The van der Waals surface area contributed by atoms with Crippen LogP contribution in [0.5, 0.6) is 0 Å². The molecule has 1 aromatic carbocycles. The zero-order valence-electron chi connectivity index (χ0n) is 11.2. The van der Waals surface area contributed by atoms with Gasteiger partial charge in [0.2, 0.25) is 0 Å². The summed E-state index contributed by atoms with van der Waals surface area (Å²) in [6, 6.07) is 7.90. The summed E-state index contributed by atoms with van der Waals surface area (Å²) in [5.74, 6) is -0.784. The number of benzene rings is 1. The number of anilines is 2. The molecule has 106 valence electrons. The summed E-state index contributed by atoms with van der Waals surface area (Å²) in [6.07, 6.45) is 3.29. The molecule has 0 saturated carbocycles. The van der Waals surface area contributed by atoms with Crippen LogP contribution in [0.4, 0.5) is 15.8 Å². The number of para-hydroxylation sites is 1. The maximum Gasteiger partial charge on any atom is 0.270 e. The summed E-state index contributed by atoms with van der Waals surface area (Å²) in [5, 5.41) is 0.792. The summed E-state index contributed by atoms with van der Waals surface area (Å²) in [6.45, 7) is 0. The Kier molecular flexibility index (Phi) is 3.31. The number of thiophene rings is 1. The number of amides is 1. The van der Waals surface area contributed by atoms with Crippen molar-refractivity contribution in [2.75, 3.05) is 17.7 Å². The molecule has 4 nitrogen and oxygen atoms in total. The number of hydrogen-bond acceptors (Lipinski definition) is 4. The lowest BCUT2D eigenvalue weighted by Crippen LogP contribution is -2.26. The Morgan fingerprint density at radius 1 is 1.33 bits per heavy atom. The molecule has 1 amide bonds. The molecule has 0 bridgehead atoms. The lowest BCUT2D eigenvalue weighted by molar-refractivity contribution is 0.0997. The van der Waals surface area contributed by atoms with Gasteiger partial charge in [0.25, 0.3) is 5.91 Å². The van der Waals surface area contributed by atoms with Crippen LogP contribution in [-0.2, 0) is 0 Å². The van der Waals surface area contributed by atoms with Crippen molar-refractivity contribution in [3.63, 3.8) is 0 Å². The first kappa shape index (κ1) is 13.5. The molecule has 0 aliphatic rings. The number of nitrogens with zero attached hydrogens (tertiary/aromatic N) is 2. The zero-order valence-corrected chi connectivity index (χ0v) is 12.0. The first-order valence-electron chi connectivity index (χ1n) is 6.24. The molecule has 0 spiro atoms. The van der Waals surface area contributed by atoms with E-state index >= 15 is 0 Å². The van der Waals surface area contributed by atoms with E-state index in [1.165, 1.54) is 29.4 Å². The van der Waals surface area contributed by atoms with Crippen LogP contribution in [-0.4, -0.2) is 17.9 Å². The van der Waals surface area contributed by atoms with Crippen LogP contribution < -0.4 is 10.6 Å². The highest BCUT2D eigenvalue weighted by molar-refractivity contribution is 7.21. The molecule has 21 heavy (non-hydrogen) atoms. The second-order valence-corrected chi connectivity index (χ2v) is 5.58. The van der Waals surface area contributed by atoms with E-state index in [0.717, 1.165) is 10.1 Å². The normalized spacial score (nSPS) is 10.8. The molecule has 2 N–H and O–H groups in total.